The van der Waals surface area contributed by atoms with E-state index in [0.717, 1.165) is 25.6 Å². The standard InChI is InChI=1S/C19H25FN2O2/c1-24-18-7-5-15(20)8-17(18)19(23)22-11-14-4-6-16(12-22)21(10-14)9-13-2-3-13/h5,7-8,13-14,16H,2-4,6,9-12H2,1H3/t14-,16-/m0/s1. The molecule has 1 aromatic rings. The van der Waals surface area contributed by atoms with Crippen molar-refractivity contribution in [3.63, 3.8) is 0 Å². The summed E-state index contributed by atoms with van der Waals surface area (Å²) in [5.41, 5.74) is 0.340. The predicted octanol–water partition coefficient (Wildman–Crippen LogP) is 2.78. The molecule has 3 heterocycles. The molecular formula is C19H25FN2O2. The molecule has 1 aliphatic carbocycles. The molecule has 0 unspecified atom stereocenters. The SMILES string of the molecule is COc1ccc(F)cc1C(=O)N1C[C@H]2CC[C@@H](C1)N(CC1CC1)C2. The van der Waals surface area contributed by atoms with Gasteiger partial charge in [0.2, 0.25) is 0 Å². The third-order valence-corrected chi connectivity index (χ3v) is 5.70. The quantitative estimate of drug-likeness (QED) is 0.850. The Kier molecular flexibility index (Phi) is 4.21. The Bertz CT molecular complexity index is 632. The third-order valence-electron chi connectivity index (χ3n) is 5.70. The summed E-state index contributed by atoms with van der Waals surface area (Å²) in [6.07, 6.45) is 5.07. The van der Waals surface area contributed by atoms with Gasteiger partial charge in [-0.1, -0.05) is 0 Å². The highest BCUT2D eigenvalue weighted by Gasteiger charge is 2.39. The van der Waals surface area contributed by atoms with Crippen LogP contribution in [0.15, 0.2) is 18.2 Å². The first-order valence-electron chi connectivity index (χ1n) is 9.01. The molecule has 0 spiro atoms. The normalized spacial score (nSPS) is 27.2. The second kappa shape index (κ2) is 6.36. The maximum atomic E-state index is 13.6. The average molecular weight is 332 g/mol. The van der Waals surface area contributed by atoms with Crippen molar-refractivity contribution in [2.24, 2.45) is 11.8 Å². The van der Waals surface area contributed by atoms with Gasteiger partial charge in [-0.3, -0.25) is 9.69 Å². The maximum Gasteiger partial charge on any atom is 0.257 e. The van der Waals surface area contributed by atoms with E-state index in [1.807, 2.05) is 4.90 Å². The fourth-order valence-corrected chi connectivity index (χ4v) is 4.22. The summed E-state index contributed by atoms with van der Waals surface area (Å²) < 4.78 is 18.9. The lowest BCUT2D eigenvalue weighted by atomic mass is 9.95. The molecule has 3 aliphatic heterocycles. The number of piperidine rings is 1. The zero-order valence-electron chi connectivity index (χ0n) is 14.2. The lowest BCUT2D eigenvalue weighted by Crippen LogP contribution is -2.45. The molecule has 5 heteroatoms. The first kappa shape index (κ1) is 15.9. The van der Waals surface area contributed by atoms with Crippen molar-refractivity contribution >= 4 is 5.91 Å². The van der Waals surface area contributed by atoms with E-state index in [1.165, 1.54) is 57.5 Å². The molecule has 3 saturated heterocycles. The van der Waals surface area contributed by atoms with E-state index < -0.39 is 5.82 Å². The summed E-state index contributed by atoms with van der Waals surface area (Å²) in [7, 11) is 1.52. The maximum absolute atomic E-state index is 13.6. The Labute approximate surface area is 142 Å². The van der Waals surface area contributed by atoms with E-state index in [-0.39, 0.29) is 5.91 Å². The number of carbonyl (C=O) groups excluding carboxylic acids is 1. The van der Waals surface area contributed by atoms with Gasteiger partial charge >= 0.3 is 0 Å². The van der Waals surface area contributed by atoms with Crippen molar-refractivity contribution in [3.8, 4) is 5.75 Å². The minimum absolute atomic E-state index is 0.100. The second-order valence-corrected chi connectivity index (χ2v) is 7.55. The van der Waals surface area contributed by atoms with Crippen LogP contribution in [0.5, 0.6) is 5.75 Å². The average Bonchev–Trinajstić information content (AvgIpc) is 3.41. The number of ether oxygens (including phenoxy) is 1. The van der Waals surface area contributed by atoms with Gasteiger partial charge in [0.05, 0.1) is 12.7 Å². The number of methoxy groups -OCH3 is 1. The van der Waals surface area contributed by atoms with Crippen molar-refractivity contribution in [1.82, 2.24) is 9.80 Å². The van der Waals surface area contributed by atoms with Gasteiger partial charge in [0.15, 0.2) is 0 Å². The number of fused-ring (bicyclic) bond motifs is 4. The van der Waals surface area contributed by atoms with Gasteiger partial charge in [0, 0.05) is 32.2 Å². The molecule has 1 aromatic carbocycles. The van der Waals surface area contributed by atoms with Gasteiger partial charge < -0.3 is 9.64 Å². The number of nitrogens with zero attached hydrogens (tertiary/aromatic N) is 2. The van der Waals surface area contributed by atoms with Crippen molar-refractivity contribution in [3.05, 3.63) is 29.6 Å². The Hall–Kier alpha value is -1.62. The monoisotopic (exact) mass is 332 g/mol. The van der Waals surface area contributed by atoms with E-state index in [2.05, 4.69) is 4.90 Å². The summed E-state index contributed by atoms with van der Waals surface area (Å²) in [5, 5.41) is 0. The highest BCUT2D eigenvalue weighted by molar-refractivity contribution is 5.97. The first-order valence-corrected chi connectivity index (χ1v) is 9.01. The van der Waals surface area contributed by atoms with E-state index in [9.17, 15) is 9.18 Å². The summed E-state index contributed by atoms with van der Waals surface area (Å²) in [4.78, 5) is 17.5. The largest absolute Gasteiger partial charge is 0.496 e. The Morgan fingerprint density at radius 1 is 1.21 bits per heavy atom. The van der Waals surface area contributed by atoms with Gasteiger partial charge in [-0.05, 0) is 55.7 Å². The zero-order valence-corrected chi connectivity index (χ0v) is 14.2. The Balaban J connectivity index is 1.54. The van der Waals surface area contributed by atoms with Crippen molar-refractivity contribution in [2.75, 3.05) is 33.3 Å². The molecule has 4 fully saturated rings. The number of benzene rings is 1. The highest BCUT2D eigenvalue weighted by atomic mass is 19.1. The van der Waals surface area contributed by atoms with E-state index in [4.69, 9.17) is 4.74 Å². The molecule has 24 heavy (non-hydrogen) atoms. The molecule has 0 radical (unpaired) electrons. The van der Waals surface area contributed by atoms with Crippen LogP contribution in [0.2, 0.25) is 0 Å². The predicted molar refractivity (Wildman–Crippen MR) is 89.7 cm³/mol. The van der Waals surface area contributed by atoms with Crippen molar-refractivity contribution in [2.45, 2.75) is 31.7 Å². The molecule has 2 atom stereocenters. The molecule has 1 amide bonds. The van der Waals surface area contributed by atoms with Crippen molar-refractivity contribution in [1.29, 1.82) is 0 Å². The second-order valence-electron chi connectivity index (χ2n) is 7.55. The van der Waals surface area contributed by atoms with E-state index in [1.54, 1.807) is 0 Å². The van der Waals surface area contributed by atoms with Crippen LogP contribution in [0, 0.1) is 17.7 Å². The molecule has 0 N–H and O–H groups in total. The number of amides is 1. The van der Waals surface area contributed by atoms with Crippen LogP contribution in [0.1, 0.15) is 36.0 Å². The summed E-state index contributed by atoms with van der Waals surface area (Å²) in [5.74, 6) is 1.36. The number of carbonyl (C=O) groups is 1. The van der Waals surface area contributed by atoms with Crippen LogP contribution in [-0.4, -0.2) is 55.0 Å². The zero-order chi connectivity index (χ0) is 16.7. The van der Waals surface area contributed by atoms with Crippen LogP contribution in [0.3, 0.4) is 0 Å². The van der Waals surface area contributed by atoms with Crippen LogP contribution >= 0.6 is 0 Å². The van der Waals surface area contributed by atoms with Gasteiger partial charge in [-0.2, -0.15) is 0 Å². The molecule has 130 valence electrons. The minimum Gasteiger partial charge on any atom is -0.496 e. The number of rotatable bonds is 4. The highest BCUT2D eigenvalue weighted by Crippen LogP contribution is 2.35. The molecule has 0 aromatic heterocycles. The van der Waals surface area contributed by atoms with Crippen LogP contribution < -0.4 is 4.74 Å². The molecule has 1 saturated carbocycles. The van der Waals surface area contributed by atoms with E-state index in [0.29, 0.717) is 23.3 Å². The third kappa shape index (κ3) is 3.14. The Morgan fingerprint density at radius 2 is 2.04 bits per heavy atom. The molecule has 2 bridgehead atoms. The lowest BCUT2D eigenvalue weighted by Gasteiger charge is -2.36. The lowest BCUT2D eigenvalue weighted by molar-refractivity contribution is 0.0733. The van der Waals surface area contributed by atoms with Crippen molar-refractivity contribution < 1.29 is 13.9 Å². The summed E-state index contributed by atoms with van der Waals surface area (Å²) in [6, 6.07) is 4.62. The van der Waals surface area contributed by atoms with E-state index >= 15 is 0 Å². The van der Waals surface area contributed by atoms with Gasteiger partial charge in [-0.15, -0.1) is 0 Å². The first-order chi connectivity index (χ1) is 11.6. The minimum atomic E-state index is -0.396. The van der Waals surface area contributed by atoms with Gasteiger partial charge in [0.1, 0.15) is 11.6 Å². The summed E-state index contributed by atoms with van der Waals surface area (Å²) >= 11 is 0. The van der Waals surface area contributed by atoms with Gasteiger partial charge in [-0.25, -0.2) is 4.39 Å². The number of hydrogen-bond acceptors (Lipinski definition) is 3. The topological polar surface area (TPSA) is 32.8 Å². The fourth-order valence-electron chi connectivity index (χ4n) is 4.22. The molecular weight excluding hydrogens is 307 g/mol. The number of hydrogen-bond donors (Lipinski definition) is 0. The van der Waals surface area contributed by atoms with Crippen LogP contribution in [-0.2, 0) is 0 Å². The fraction of sp³-hybridized carbons (Fsp3) is 0.632. The molecule has 4 nitrogen and oxygen atoms in total. The number of halogens is 1. The summed E-state index contributed by atoms with van der Waals surface area (Å²) in [6.45, 7) is 3.82. The van der Waals surface area contributed by atoms with Crippen LogP contribution in [0.4, 0.5) is 4.39 Å². The Morgan fingerprint density at radius 3 is 2.79 bits per heavy atom. The molecule has 5 rings (SSSR count). The van der Waals surface area contributed by atoms with Crippen LogP contribution in [0.25, 0.3) is 0 Å². The molecule has 4 aliphatic rings. The smallest absolute Gasteiger partial charge is 0.257 e. The van der Waals surface area contributed by atoms with Gasteiger partial charge in [0.25, 0.3) is 5.91 Å².